The highest BCUT2D eigenvalue weighted by Gasteiger charge is 2.22. The number of unbranched alkanes of at least 4 members (excludes halogenated alkanes) is 18. The number of phosphoric acid groups is 1. The second-order valence-electron chi connectivity index (χ2n) is 17.3. The van der Waals surface area contributed by atoms with Crippen molar-refractivity contribution in [2.75, 3.05) is 47.5 Å². The minimum atomic E-state index is -4.67. The van der Waals surface area contributed by atoms with Gasteiger partial charge in [-0.1, -0.05) is 190 Å². The summed E-state index contributed by atoms with van der Waals surface area (Å²) in [4.78, 5) is 37.7. The second-order valence-corrected chi connectivity index (χ2v) is 18.7. The number of hydrogen-bond acceptors (Lipinski definition) is 9. The van der Waals surface area contributed by atoms with Gasteiger partial charge in [-0.05, 0) is 44.9 Å². The monoisotopic (exact) mass is 880 g/mol. The Kier molecular flexibility index (Phi) is 40.1. The first-order chi connectivity index (χ1) is 29.4. The lowest BCUT2D eigenvalue weighted by molar-refractivity contribution is -0.870. The number of quaternary nitrogens is 1. The highest BCUT2D eigenvalue weighted by molar-refractivity contribution is 7.45. The van der Waals surface area contributed by atoms with E-state index in [1.165, 1.54) is 96.3 Å². The van der Waals surface area contributed by atoms with Gasteiger partial charge in [-0.25, -0.2) is 0 Å². The summed E-state index contributed by atoms with van der Waals surface area (Å²) in [5.74, 6) is -1.04. The van der Waals surface area contributed by atoms with Crippen LogP contribution in [0.3, 0.4) is 0 Å². The van der Waals surface area contributed by atoms with Crippen LogP contribution in [0.4, 0.5) is 0 Å². The third kappa shape index (κ3) is 45.5. The van der Waals surface area contributed by atoms with Gasteiger partial charge in [0.25, 0.3) is 7.82 Å². The van der Waals surface area contributed by atoms with Crippen LogP contribution in [0.15, 0.2) is 60.8 Å². The summed E-state index contributed by atoms with van der Waals surface area (Å²) in [7, 11) is 1.06. The fourth-order valence-corrected chi connectivity index (χ4v) is 7.12. The molecule has 0 rings (SSSR count). The van der Waals surface area contributed by atoms with Gasteiger partial charge in [-0.15, -0.1) is 0 Å². The first-order valence-corrected chi connectivity index (χ1v) is 25.6. The summed E-state index contributed by atoms with van der Waals surface area (Å²) in [6.07, 6.45) is 47.1. The largest absolute Gasteiger partial charge is 0.756 e. The zero-order valence-electron chi connectivity index (χ0n) is 39.5. The maximum atomic E-state index is 12.7. The van der Waals surface area contributed by atoms with Crippen molar-refractivity contribution < 1.29 is 47.2 Å². The molecule has 0 bridgehead atoms. The molecule has 0 heterocycles. The van der Waals surface area contributed by atoms with E-state index in [1.54, 1.807) is 12.2 Å². The maximum absolute atomic E-state index is 12.7. The normalized spacial score (nSPS) is 14.5. The van der Waals surface area contributed by atoms with Crippen LogP contribution in [0.5, 0.6) is 0 Å². The topological polar surface area (TPSA) is 131 Å². The third-order valence-electron chi connectivity index (χ3n) is 10.2. The molecule has 354 valence electrons. The van der Waals surface area contributed by atoms with Crippen molar-refractivity contribution >= 4 is 19.8 Å². The van der Waals surface area contributed by atoms with E-state index >= 15 is 0 Å². The Morgan fingerprint density at radius 1 is 0.607 bits per heavy atom. The van der Waals surface area contributed by atoms with Crippen LogP contribution >= 0.6 is 7.82 Å². The van der Waals surface area contributed by atoms with Crippen molar-refractivity contribution in [3.63, 3.8) is 0 Å². The Hall–Kier alpha value is -2.33. The van der Waals surface area contributed by atoms with Crippen LogP contribution in [-0.4, -0.2) is 81.2 Å². The molecular weight excluding hydrogens is 790 g/mol. The van der Waals surface area contributed by atoms with Crippen LogP contribution in [0.2, 0.25) is 0 Å². The number of nitrogens with zero attached hydrogens (tertiary/aromatic N) is 1. The van der Waals surface area contributed by atoms with E-state index in [1.807, 2.05) is 33.3 Å². The van der Waals surface area contributed by atoms with Crippen molar-refractivity contribution in [1.29, 1.82) is 0 Å². The van der Waals surface area contributed by atoms with Crippen LogP contribution in [0.25, 0.3) is 0 Å². The summed E-state index contributed by atoms with van der Waals surface area (Å²) in [6.45, 7) is 3.90. The minimum absolute atomic E-state index is 0.0456. The Morgan fingerprint density at radius 2 is 1.08 bits per heavy atom. The number of allylic oxidation sites excluding steroid dienone is 9. The van der Waals surface area contributed by atoms with Crippen molar-refractivity contribution in [2.45, 2.75) is 199 Å². The predicted octanol–water partition coefficient (Wildman–Crippen LogP) is 12.4. The molecular formula is C50H90NO9P. The molecule has 10 nitrogen and oxygen atoms in total. The van der Waals surface area contributed by atoms with Crippen molar-refractivity contribution in [3.05, 3.63) is 60.8 Å². The summed E-state index contributed by atoms with van der Waals surface area (Å²) in [5.41, 5.74) is 0. The van der Waals surface area contributed by atoms with E-state index in [9.17, 15) is 24.2 Å². The van der Waals surface area contributed by atoms with E-state index in [-0.39, 0.29) is 26.1 Å². The molecule has 0 aromatic carbocycles. The zero-order valence-corrected chi connectivity index (χ0v) is 40.4. The summed E-state index contributed by atoms with van der Waals surface area (Å²) >= 11 is 0. The maximum Gasteiger partial charge on any atom is 0.306 e. The number of hydrogen-bond donors (Lipinski definition) is 1. The average molecular weight is 880 g/mol. The zero-order chi connectivity index (χ0) is 45.1. The van der Waals surface area contributed by atoms with Gasteiger partial charge in [0.05, 0.1) is 33.9 Å². The average Bonchev–Trinajstić information content (AvgIpc) is 3.21. The lowest BCUT2D eigenvalue weighted by Gasteiger charge is -2.28. The molecule has 61 heavy (non-hydrogen) atoms. The fraction of sp³-hybridized carbons (Fsp3) is 0.760. The molecule has 0 aliphatic carbocycles. The lowest BCUT2D eigenvalue weighted by Crippen LogP contribution is -2.37. The van der Waals surface area contributed by atoms with E-state index in [4.69, 9.17) is 18.5 Å². The molecule has 1 N–H and O–H groups in total. The quantitative estimate of drug-likeness (QED) is 0.0159. The van der Waals surface area contributed by atoms with E-state index in [2.05, 4.69) is 50.3 Å². The van der Waals surface area contributed by atoms with Gasteiger partial charge in [0.2, 0.25) is 0 Å². The molecule has 0 fully saturated rings. The number of carbonyl (C=O) groups is 2. The van der Waals surface area contributed by atoms with Crippen LogP contribution in [-0.2, 0) is 32.7 Å². The van der Waals surface area contributed by atoms with Crippen molar-refractivity contribution in [3.8, 4) is 0 Å². The van der Waals surface area contributed by atoms with Gasteiger partial charge in [0, 0.05) is 12.8 Å². The van der Waals surface area contributed by atoms with Gasteiger partial charge < -0.3 is 33.0 Å². The predicted molar refractivity (Wildman–Crippen MR) is 251 cm³/mol. The SMILES string of the molecule is CC/C=C\C/C=C\C/C=C\C/C=C\C=C\C(O)CCCC(=O)OC[C@H](COP(=O)([O-])OCC[N+](C)(C)C)OC(=O)CCCCCCCCCCCCCCCCCCCCC. The van der Waals surface area contributed by atoms with E-state index in [0.29, 0.717) is 30.3 Å². The van der Waals surface area contributed by atoms with Gasteiger partial charge in [-0.2, -0.15) is 0 Å². The van der Waals surface area contributed by atoms with Crippen LogP contribution in [0, 0.1) is 0 Å². The molecule has 0 radical (unpaired) electrons. The highest BCUT2D eigenvalue weighted by Crippen LogP contribution is 2.38. The summed E-state index contributed by atoms with van der Waals surface area (Å²) in [6, 6.07) is 0. The third-order valence-corrected chi connectivity index (χ3v) is 11.1. The van der Waals surface area contributed by atoms with E-state index in [0.717, 1.165) is 44.9 Å². The Bertz CT molecular complexity index is 1240. The first-order valence-electron chi connectivity index (χ1n) is 24.1. The molecule has 0 saturated carbocycles. The Morgan fingerprint density at radius 3 is 1.59 bits per heavy atom. The summed E-state index contributed by atoms with van der Waals surface area (Å²) < 4.78 is 33.8. The van der Waals surface area contributed by atoms with Gasteiger partial charge in [0.15, 0.2) is 6.10 Å². The molecule has 0 saturated heterocycles. The fourth-order valence-electron chi connectivity index (χ4n) is 6.39. The minimum Gasteiger partial charge on any atom is -0.756 e. The number of aliphatic hydroxyl groups is 1. The van der Waals surface area contributed by atoms with Crippen LogP contribution in [0.1, 0.15) is 187 Å². The number of rotatable bonds is 43. The standard InChI is InChI=1S/C50H90NO9P/c1-6-8-10-12-14-16-18-20-21-22-23-24-25-27-29-31-33-35-37-41-50(54)60-48(46-59-61(55,56)58-44-43-51(3,4)5)45-57-49(53)42-38-40-47(52)39-36-34-32-30-28-26-19-17-15-13-11-9-7-2/h9,11,15,17,26,28,32,34,36,39,47-48,52H,6-8,10,12-14,16,18-25,27,29-31,33,35,37-38,40-46H2,1-5H3/b11-9-,17-15-,28-26-,34-32-,39-36+/t47?,48-/m1/s1. The molecule has 0 aliphatic rings. The Balaban J connectivity index is 4.46. The number of likely N-dealkylation sites (N-methyl/N-ethyl adjacent to an activating group) is 1. The number of phosphoric ester groups is 1. The number of ether oxygens (including phenoxy) is 2. The smallest absolute Gasteiger partial charge is 0.306 e. The molecule has 0 amide bonds. The molecule has 0 spiro atoms. The number of aliphatic hydroxyl groups excluding tert-OH is 1. The first kappa shape index (κ1) is 58.7. The number of esters is 2. The van der Waals surface area contributed by atoms with Gasteiger partial charge in [-0.3, -0.25) is 14.2 Å². The summed E-state index contributed by atoms with van der Waals surface area (Å²) in [5, 5.41) is 10.3. The van der Waals surface area contributed by atoms with Gasteiger partial charge >= 0.3 is 11.9 Å². The highest BCUT2D eigenvalue weighted by atomic mass is 31.2. The molecule has 2 unspecified atom stereocenters. The molecule has 0 aromatic heterocycles. The van der Waals surface area contributed by atoms with E-state index < -0.39 is 38.6 Å². The number of carbonyl (C=O) groups excluding carboxylic acids is 2. The second kappa shape index (κ2) is 41.7. The molecule has 3 atom stereocenters. The van der Waals surface area contributed by atoms with Gasteiger partial charge in [0.1, 0.15) is 19.8 Å². The van der Waals surface area contributed by atoms with Crippen LogP contribution < -0.4 is 4.89 Å². The molecule has 11 heteroatoms. The molecule has 0 aromatic rings. The lowest BCUT2D eigenvalue weighted by atomic mass is 10.0. The molecule has 0 aliphatic heterocycles. The van der Waals surface area contributed by atoms with Crippen molar-refractivity contribution in [2.24, 2.45) is 0 Å². The van der Waals surface area contributed by atoms with Crippen molar-refractivity contribution in [1.82, 2.24) is 0 Å². The Labute approximate surface area is 373 Å².